The molecule has 2 heterocycles. The number of aliphatic imine (C=N–C) groups is 1. The van der Waals surface area contributed by atoms with Crippen LogP contribution in [0, 0.1) is 0 Å². The van der Waals surface area contributed by atoms with Crippen LogP contribution in [-0.4, -0.2) is 39.8 Å². The lowest BCUT2D eigenvalue weighted by Crippen LogP contribution is -2.42. The second kappa shape index (κ2) is 9.94. The van der Waals surface area contributed by atoms with Gasteiger partial charge < -0.3 is 15.4 Å². The lowest BCUT2D eigenvalue weighted by molar-refractivity contribution is 0.199. The highest BCUT2D eigenvalue weighted by molar-refractivity contribution is 6.32. The van der Waals surface area contributed by atoms with Gasteiger partial charge in [-0.2, -0.15) is 0 Å². The van der Waals surface area contributed by atoms with Crippen molar-refractivity contribution in [2.75, 3.05) is 13.1 Å². The third-order valence-electron chi connectivity index (χ3n) is 4.19. The van der Waals surface area contributed by atoms with E-state index in [0.717, 1.165) is 24.4 Å². The summed E-state index contributed by atoms with van der Waals surface area (Å²) in [7, 11) is 0. The summed E-state index contributed by atoms with van der Waals surface area (Å²) >= 11 is 6.20. The normalized spacial score (nSPS) is 12.8. The number of benzene rings is 1. The van der Waals surface area contributed by atoms with Gasteiger partial charge in [0.15, 0.2) is 17.4 Å². The van der Waals surface area contributed by atoms with Crippen molar-refractivity contribution >= 4 is 23.2 Å². The van der Waals surface area contributed by atoms with E-state index in [1.807, 2.05) is 60.0 Å². The van der Waals surface area contributed by atoms with Gasteiger partial charge in [-0.3, -0.25) is 4.40 Å². The molecule has 2 aromatic heterocycles. The average Bonchev–Trinajstić information content (AvgIpc) is 3.13. The molecule has 0 saturated heterocycles. The Morgan fingerprint density at radius 2 is 1.96 bits per heavy atom. The molecular weight excluding hydrogens is 376 g/mol. The molecule has 0 radical (unpaired) electrons. The first-order valence-electron chi connectivity index (χ1n) is 9.43. The quantitative estimate of drug-likeness (QED) is 0.448. The van der Waals surface area contributed by atoms with Gasteiger partial charge in [0.1, 0.15) is 18.4 Å². The van der Waals surface area contributed by atoms with E-state index in [0.29, 0.717) is 29.8 Å². The van der Waals surface area contributed by atoms with Crippen LogP contribution in [0.15, 0.2) is 53.7 Å². The van der Waals surface area contributed by atoms with Crippen LogP contribution in [-0.2, 0) is 6.54 Å². The Balaban J connectivity index is 1.63. The summed E-state index contributed by atoms with van der Waals surface area (Å²) in [5, 5.41) is 15.6. The molecule has 1 atom stereocenters. The zero-order valence-corrected chi connectivity index (χ0v) is 16.9. The number of guanidine groups is 1. The van der Waals surface area contributed by atoms with E-state index in [4.69, 9.17) is 16.3 Å². The van der Waals surface area contributed by atoms with Gasteiger partial charge in [-0.1, -0.05) is 36.7 Å². The Labute approximate surface area is 169 Å². The third kappa shape index (κ3) is 5.13. The molecular formula is C20H25ClN6O. The minimum absolute atomic E-state index is 0.0299. The molecule has 28 heavy (non-hydrogen) atoms. The molecule has 0 aliphatic carbocycles. The highest BCUT2D eigenvalue weighted by Crippen LogP contribution is 2.24. The zero-order valence-electron chi connectivity index (χ0n) is 16.1. The zero-order chi connectivity index (χ0) is 19.8. The van der Waals surface area contributed by atoms with E-state index < -0.39 is 0 Å². The molecule has 0 amide bonds. The number of halogens is 1. The number of fused-ring (bicyclic) bond motifs is 1. The van der Waals surface area contributed by atoms with Crippen LogP contribution in [0.25, 0.3) is 5.65 Å². The van der Waals surface area contributed by atoms with Gasteiger partial charge >= 0.3 is 0 Å². The number of para-hydroxylation sites is 1. The summed E-state index contributed by atoms with van der Waals surface area (Å²) in [6, 6.07) is 13.3. The molecule has 0 saturated carbocycles. The summed E-state index contributed by atoms with van der Waals surface area (Å²) in [6.45, 7) is 5.89. The molecule has 1 unspecified atom stereocenters. The predicted molar refractivity (Wildman–Crippen MR) is 112 cm³/mol. The van der Waals surface area contributed by atoms with E-state index in [1.54, 1.807) is 0 Å². The lowest BCUT2D eigenvalue weighted by atomic mass is 10.2. The molecule has 0 spiro atoms. The second-order valence-electron chi connectivity index (χ2n) is 6.20. The van der Waals surface area contributed by atoms with Gasteiger partial charge in [0.2, 0.25) is 0 Å². The maximum Gasteiger partial charge on any atom is 0.191 e. The number of nitrogens with one attached hydrogen (secondary N) is 2. The van der Waals surface area contributed by atoms with Crippen molar-refractivity contribution in [2.24, 2.45) is 4.99 Å². The van der Waals surface area contributed by atoms with Gasteiger partial charge in [0.25, 0.3) is 0 Å². The van der Waals surface area contributed by atoms with Gasteiger partial charge in [-0.15, -0.1) is 10.2 Å². The number of hydrogen-bond acceptors (Lipinski definition) is 4. The van der Waals surface area contributed by atoms with Crippen molar-refractivity contribution < 1.29 is 4.74 Å². The average molecular weight is 401 g/mol. The molecule has 8 heteroatoms. The first-order valence-corrected chi connectivity index (χ1v) is 9.81. The van der Waals surface area contributed by atoms with E-state index in [9.17, 15) is 0 Å². The van der Waals surface area contributed by atoms with Crippen molar-refractivity contribution in [2.45, 2.75) is 32.9 Å². The summed E-state index contributed by atoms with van der Waals surface area (Å²) in [5.41, 5.74) is 0.810. The van der Waals surface area contributed by atoms with Crippen LogP contribution in [0.3, 0.4) is 0 Å². The molecule has 3 aromatic rings. The van der Waals surface area contributed by atoms with Crippen LogP contribution in [0.2, 0.25) is 5.02 Å². The van der Waals surface area contributed by atoms with Crippen LogP contribution in [0.4, 0.5) is 0 Å². The number of aromatic nitrogens is 3. The highest BCUT2D eigenvalue weighted by atomic mass is 35.5. The summed E-state index contributed by atoms with van der Waals surface area (Å²) in [4.78, 5) is 4.63. The first-order chi connectivity index (χ1) is 13.7. The number of nitrogens with zero attached hydrogens (tertiary/aromatic N) is 4. The predicted octanol–water partition coefficient (Wildman–Crippen LogP) is 3.30. The van der Waals surface area contributed by atoms with Crippen molar-refractivity contribution in [3.8, 4) is 5.75 Å². The fraction of sp³-hybridized carbons (Fsp3) is 0.350. The molecule has 0 fully saturated rings. The Kier molecular flexibility index (Phi) is 7.08. The van der Waals surface area contributed by atoms with E-state index in [2.05, 4.69) is 32.7 Å². The van der Waals surface area contributed by atoms with Gasteiger partial charge in [0.05, 0.1) is 11.6 Å². The number of ether oxygens (including phenoxy) is 1. The monoisotopic (exact) mass is 400 g/mol. The summed E-state index contributed by atoms with van der Waals surface area (Å²) in [6.07, 6.45) is 2.75. The third-order valence-corrected chi connectivity index (χ3v) is 4.50. The van der Waals surface area contributed by atoms with Crippen molar-refractivity contribution in [3.05, 3.63) is 59.5 Å². The van der Waals surface area contributed by atoms with Crippen LogP contribution in [0.5, 0.6) is 5.75 Å². The first kappa shape index (κ1) is 19.9. The lowest BCUT2D eigenvalue weighted by Gasteiger charge is -2.20. The maximum absolute atomic E-state index is 6.20. The molecule has 0 bridgehead atoms. The van der Waals surface area contributed by atoms with Crippen LogP contribution >= 0.6 is 11.6 Å². The number of pyridine rings is 1. The van der Waals surface area contributed by atoms with Crippen molar-refractivity contribution in [1.82, 2.24) is 25.2 Å². The summed E-state index contributed by atoms with van der Waals surface area (Å²) in [5.74, 6) is 2.18. The number of hydrogen-bond donors (Lipinski definition) is 2. The number of rotatable bonds is 8. The fourth-order valence-electron chi connectivity index (χ4n) is 2.69. The molecule has 0 aliphatic heterocycles. The van der Waals surface area contributed by atoms with E-state index in [1.165, 1.54) is 0 Å². The molecule has 148 valence electrons. The van der Waals surface area contributed by atoms with E-state index >= 15 is 0 Å². The van der Waals surface area contributed by atoms with Gasteiger partial charge in [-0.05, 0) is 37.6 Å². The largest absolute Gasteiger partial charge is 0.487 e. The Morgan fingerprint density at radius 3 is 2.75 bits per heavy atom. The Morgan fingerprint density at radius 1 is 1.14 bits per heavy atom. The van der Waals surface area contributed by atoms with Crippen LogP contribution in [0.1, 0.15) is 26.1 Å². The van der Waals surface area contributed by atoms with Gasteiger partial charge in [-0.25, -0.2) is 4.99 Å². The molecule has 7 nitrogen and oxygen atoms in total. The Hall–Kier alpha value is -2.80. The summed E-state index contributed by atoms with van der Waals surface area (Å²) < 4.78 is 7.96. The smallest absolute Gasteiger partial charge is 0.191 e. The van der Waals surface area contributed by atoms with Crippen molar-refractivity contribution in [3.63, 3.8) is 0 Å². The second-order valence-corrected chi connectivity index (χ2v) is 6.61. The minimum atomic E-state index is -0.0299. The minimum Gasteiger partial charge on any atom is -0.487 e. The van der Waals surface area contributed by atoms with Crippen molar-refractivity contribution in [1.29, 1.82) is 0 Å². The van der Waals surface area contributed by atoms with Gasteiger partial charge in [0, 0.05) is 12.7 Å². The van der Waals surface area contributed by atoms with Crippen LogP contribution < -0.4 is 15.4 Å². The highest BCUT2D eigenvalue weighted by Gasteiger charge is 2.12. The SMILES string of the molecule is CCNC(=NCc1nnc2ccccn12)NCC(CC)Oc1ccccc1Cl. The van der Waals surface area contributed by atoms with E-state index in [-0.39, 0.29) is 6.10 Å². The standard InChI is InChI=1S/C20H25ClN6O/c1-3-15(28-17-10-6-5-9-16(17)21)13-23-20(22-4-2)24-14-19-26-25-18-11-7-8-12-27(18)19/h5-12,15H,3-4,13-14H2,1-2H3,(H2,22,23,24). The maximum atomic E-state index is 6.20. The topological polar surface area (TPSA) is 75.8 Å². The Bertz CT molecular complexity index is 926. The fourth-order valence-corrected chi connectivity index (χ4v) is 2.87. The molecule has 1 aromatic carbocycles. The molecule has 0 aliphatic rings. The molecule has 3 rings (SSSR count). The molecule has 2 N–H and O–H groups in total.